The summed E-state index contributed by atoms with van der Waals surface area (Å²) in [4.78, 5) is 16.8. The van der Waals surface area contributed by atoms with Crippen LogP contribution in [0.4, 0.5) is 5.69 Å². The van der Waals surface area contributed by atoms with Crippen LogP contribution in [-0.2, 0) is 4.79 Å². The van der Waals surface area contributed by atoms with Gasteiger partial charge in [0.05, 0.1) is 0 Å². The molecule has 1 aliphatic heterocycles. The second-order valence-corrected chi connectivity index (χ2v) is 7.81. The molecule has 3 rings (SSSR count). The molecule has 0 saturated carbocycles. The molecule has 1 heterocycles. The number of aryl methyl sites for hydroxylation is 1. The van der Waals surface area contributed by atoms with Crippen molar-refractivity contribution in [3.63, 3.8) is 0 Å². The van der Waals surface area contributed by atoms with Crippen LogP contribution in [0.2, 0.25) is 5.02 Å². The van der Waals surface area contributed by atoms with E-state index in [-0.39, 0.29) is 5.91 Å². The van der Waals surface area contributed by atoms with Gasteiger partial charge >= 0.3 is 0 Å². The Morgan fingerprint density at radius 3 is 2.42 bits per heavy atom. The first-order chi connectivity index (χ1) is 12.4. The molecule has 2 aromatic rings. The number of carbonyl (C=O) groups is 1. The summed E-state index contributed by atoms with van der Waals surface area (Å²) in [6, 6.07) is 13.4. The lowest BCUT2D eigenvalue weighted by Crippen LogP contribution is -2.52. The first-order valence-electron chi connectivity index (χ1n) is 8.66. The van der Waals surface area contributed by atoms with E-state index < -0.39 is 6.10 Å². The zero-order valence-electron chi connectivity index (χ0n) is 14.9. The van der Waals surface area contributed by atoms with Gasteiger partial charge in [-0.3, -0.25) is 4.79 Å². The van der Waals surface area contributed by atoms with Gasteiger partial charge in [0.1, 0.15) is 5.75 Å². The Balaban J connectivity index is 1.57. The second-order valence-electron chi connectivity index (χ2n) is 6.46. The molecule has 1 aliphatic rings. The monoisotopic (exact) mass is 436 g/mol. The van der Waals surface area contributed by atoms with Crippen molar-refractivity contribution in [1.29, 1.82) is 0 Å². The Morgan fingerprint density at radius 1 is 1.12 bits per heavy atom. The molecule has 0 spiro atoms. The van der Waals surface area contributed by atoms with Gasteiger partial charge in [-0.15, -0.1) is 0 Å². The first-order valence-corrected chi connectivity index (χ1v) is 9.83. The van der Waals surface area contributed by atoms with Crippen molar-refractivity contribution in [2.24, 2.45) is 0 Å². The molecule has 0 aromatic heterocycles. The zero-order valence-corrected chi connectivity index (χ0v) is 17.3. The highest BCUT2D eigenvalue weighted by molar-refractivity contribution is 9.10. The van der Waals surface area contributed by atoms with E-state index in [9.17, 15) is 4.79 Å². The van der Waals surface area contributed by atoms with Gasteiger partial charge in [-0.1, -0.05) is 33.6 Å². The van der Waals surface area contributed by atoms with E-state index >= 15 is 0 Å². The van der Waals surface area contributed by atoms with E-state index in [1.165, 1.54) is 5.56 Å². The van der Waals surface area contributed by atoms with Crippen LogP contribution in [-0.4, -0.2) is 43.1 Å². The Kier molecular flexibility index (Phi) is 6.09. The summed E-state index contributed by atoms with van der Waals surface area (Å²) >= 11 is 9.53. The summed E-state index contributed by atoms with van der Waals surface area (Å²) in [5, 5.41) is 0.737. The van der Waals surface area contributed by atoms with E-state index in [1.807, 2.05) is 47.4 Å². The van der Waals surface area contributed by atoms with Crippen LogP contribution in [0.3, 0.4) is 0 Å². The number of ether oxygens (including phenoxy) is 1. The molecule has 0 aliphatic carbocycles. The number of benzene rings is 2. The summed E-state index contributed by atoms with van der Waals surface area (Å²) in [6.07, 6.45) is -0.504. The smallest absolute Gasteiger partial charge is 0.263 e. The fourth-order valence-corrected chi connectivity index (χ4v) is 3.55. The lowest BCUT2D eigenvalue weighted by molar-refractivity contribution is -0.138. The maximum absolute atomic E-state index is 12.7. The maximum Gasteiger partial charge on any atom is 0.263 e. The largest absolute Gasteiger partial charge is 0.481 e. The summed E-state index contributed by atoms with van der Waals surface area (Å²) in [5.74, 6) is 0.720. The van der Waals surface area contributed by atoms with Gasteiger partial charge in [-0.05, 0) is 55.8 Å². The van der Waals surface area contributed by atoms with Crippen LogP contribution >= 0.6 is 27.5 Å². The SMILES string of the molecule is Cc1ccc(Cl)cc1N1CCN(C(=O)[C@H](C)Oc2ccc(Br)cc2)CC1. The van der Waals surface area contributed by atoms with E-state index in [2.05, 4.69) is 27.8 Å². The van der Waals surface area contributed by atoms with Crippen molar-refractivity contribution in [3.05, 3.63) is 57.5 Å². The molecule has 0 N–H and O–H groups in total. The van der Waals surface area contributed by atoms with E-state index in [4.69, 9.17) is 16.3 Å². The third kappa shape index (κ3) is 4.51. The summed E-state index contributed by atoms with van der Waals surface area (Å²) < 4.78 is 6.77. The average Bonchev–Trinajstić information content (AvgIpc) is 2.65. The second kappa shape index (κ2) is 8.31. The van der Waals surface area contributed by atoms with Gasteiger partial charge in [0.25, 0.3) is 5.91 Å². The minimum absolute atomic E-state index is 0.0235. The van der Waals surface area contributed by atoms with Crippen molar-refractivity contribution in [2.45, 2.75) is 20.0 Å². The zero-order chi connectivity index (χ0) is 18.7. The van der Waals surface area contributed by atoms with Crippen LogP contribution in [0.1, 0.15) is 12.5 Å². The number of rotatable bonds is 4. The molecule has 26 heavy (non-hydrogen) atoms. The predicted molar refractivity (Wildman–Crippen MR) is 109 cm³/mol. The molecule has 0 bridgehead atoms. The first kappa shape index (κ1) is 19.1. The van der Waals surface area contributed by atoms with Crippen molar-refractivity contribution in [2.75, 3.05) is 31.1 Å². The normalized spacial score (nSPS) is 15.7. The number of hydrogen-bond acceptors (Lipinski definition) is 3. The molecule has 0 radical (unpaired) electrons. The fraction of sp³-hybridized carbons (Fsp3) is 0.350. The van der Waals surface area contributed by atoms with Crippen molar-refractivity contribution < 1.29 is 9.53 Å². The van der Waals surface area contributed by atoms with Crippen LogP contribution in [0.25, 0.3) is 0 Å². The lowest BCUT2D eigenvalue weighted by Gasteiger charge is -2.37. The minimum atomic E-state index is -0.504. The highest BCUT2D eigenvalue weighted by Gasteiger charge is 2.26. The summed E-state index contributed by atoms with van der Waals surface area (Å²) in [5.41, 5.74) is 2.34. The Labute approximate surface area is 167 Å². The third-order valence-corrected chi connectivity index (χ3v) is 5.34. The lowest BCUT2D eigenvalue weighted by atomic mass is 10.1. The molecule has 4 nitrogen and oxygen atoms in total. The van der Waals surface area contributed by atoms with Crippen LogP contribution in [0.5, 0.6) is 5.75 Å². The number of hydrogen-bond donors (Lipinski definition) is 0. The molecule has 1 atom stereocenters. The standard InChI is InChI=1S/C20H22BrClN2O2/c1-14-3-6-17(22)13-19(14)23-9-11-24(12-10-23)20(25)15(2)26-18-7-4-16(21)5-8-18/h3-8,13,15H,9-12H2,1-2H3/t15-/m0/s1. The molecule has 0 unspecified atom stereocenters. The van der Waals surface area contributed by atoms with E-state index in [0.29, 0.717) is 18.8 Å². The highest BCUT2D eigenvalue weighted by Crippen LogP contribution is 2.25. The van der Waals surface area contributed by atoms with Crippen molar-refractivity contribution in [1.82, 2.24) is 4.90 Å². The number of anilines is 1. The van der Waals surface area contributed by atoms with Crippen molar-refractivity contribution >= 4 is 39.1 Å². The molecule has 6 heteroatoms. The van der Waals surface area contributed by atoms with Crippen LogP contribution in [0, 0.1) is 6.92 Å². The van der Waals surface area contributed by atoms with Gasteiger partial charge < -0.3 is 14.5 Å². The van der Waals surface area contributed by atoms with Gasteiger partial charge in [0.15, 0.2) is 6.10 Å². The maximum atomic E-state index is 12.7. The van der Waals surface area contributed by atoms with Gasteiger partial charge in [-0.25, -0.2) is 0 Å². The number of halogens is 2. The van der Waals surface area contributed by atoms with E-state index in [1.54, 1.807) is 6.92 Å². The van der Waals surface area contributed by atoms with Gasteiger partial charge in [-0.2, -0.15) is 0 Å². The quantitative estimate of drug-likeness (QED) is 0.705. The number of amides is 1. The van der Waals surface area contributed by atoms with Crippen LogP contribution < -0.4 is 9.64 Å². The fourth-order valence-electron chi connectivity index (χ4n) is 3.12. The van der Waals surface area contributed by atoms with E-state index in [0.717, 1.165) is 28.3 Å². The molecular formula is C20H22BrClN2O2. The minimum Gasteiger partial charge on any atom is -0.481 e. The molecule has 1 amide bonds. The topological polar surface area (TPSA) is 32.8 Å². The number of nitrogens with zero attached hydrogens (tertiary/aromatic N) is 2. The predicted octanol–water partition coefficient (Wildman–Crippen LogP) is 4.53. The van der Waals surface area contributed by atoms with Gasteiger partial charge in [0, 0.05) is 41.4 Å². The third-order valence-electron chi connectivity index (χ3n) is 4.58. The molecule has 2 aromatic carbocycles. The average molecular weight is 438 g/mol. The Bertz CT molecular complexity index is 774. The molecule has 1 fully saturated rings. The number of piperazine rings is 1. The summed E-state index contributed by atoms with van der Waals surface area (Å²) in [7, 11) is 0. The number of carbonyl (C=O) groups excluding carboxylic acids is 1. The summed E-state index contributed by atoms with van der Waals surface area (Å²) in [6.45, 7) is 6.82. The molecule has 1 saturated heterocycles. The van der Waals surface area contributed by atoms with Crippen LogP contribution in [0.15, 0.2) is 46.9 Å². The highest BCUT2D eigenvalue weighted by atomic mass is 79.9. The van der Waals surface area contributed by atoms with Crippen molar-refractivity contribution in [3.8, 4) is 5.75 Å². The molecule has 138 valence electrons. The Hall–Kier alpha value is -1.72. The molecular weight excluding hydrogens is 416 g/mol. The van der Waals surface area contributed by atoms with Gasteiger partial charge in [0.2, 0.25) is 0 Å². The Morgan fingerprint density at radius 2 is 1.77 bits per heavy atom.